The summed E-state index contributed by atoms with van der Waals surface area (Å²) in [6.07, 6.45) is 0. The molecule has 1 aromatic heterocycles. The van der Waals surface area contributed by atoms with Gasteiger partial charge in [-0.05, 0) is 55.5 Å². The molecule has 32 heavy (non-hydrogen) atoms. The molecule has 1 aliphatic carbocycles. The summed E-state index contributed by atoms with van der Waals surface area (Å²) in [5.41, 5.74) is 2.13. The van der Waals surface area contributed by atoms with E-state index in [1.165, 1.54) is 0 Å². The van der Waals surface area contributed by atoms with Gasteiger partial charge in [-0.3, -0.25) is 4.79 Å². The number of benzene rings is 2. The number of H-pyrrole nitrogens is 1. The number of hydrogen-bond donors (Lipinski definition) is 1. The molecule has 3 aromatic rings. The molecular weight excluding hydrogens is 406 g/mol. The summed E-state index contributed by atoms with van der Waals surface area (Å²) in [4.78, 5) is 16.4. The average Bonchev–Trinajstić information content (AvgIpc) is 2.76. The summed E-state index contributed by atoms with van der Waals surface area (Å²) in [6, 6.07) is 11.8. The van der Waals surface area contributed by atoms with Crippen LogP contribution in [0, 0.1) is 11.8 Å². The van der Waals surface area contributed by atoms with Gasteiger partial charge in [-0.1, -0.05) is 19.1 Å². The van der Waals surface area contributed by atoms with Gasteiger partial charge in [0.15, 0.2) is 11.5 Å². The number of hydrogen-bond acceptors (Lipinski definition) is 5. The standard InChI is InChI=1S/C26H29NO5/c1-13-19(14-11-17(29-4)24(31-6)18(12-14)30-5)20-21-23(32-26(2,3)22(13)20)15-9-7-8-10-16(15)27-25(21)28/h7-13,19-20,22H,1-6H3,(H,27,28)/t13-,19+,20+,22+/m0/s1. The predicted molar refractivity (Wildman–Crippen MR) is 124 cm³/mol. The van der Waals surface area contributed by atoms with Crippen LogP contribution in [0.5, 0.6) is 23.0 Å². The van der Waals surface area contributed by atoms with E-state index in [0.717, 1.165) is 22.0 Å². The van der Waals surface area contributed by atoms with Gasteiger partial charge in [0, 0.05) is 17.2 Å². The van der Waals surface area contributed by atoms with Crippen molar-refractivity contribution in [1.82, 2.24) is 4.98 Å². The molecule has 1 fully saturated rings. The van der Waals surface area contributed by atoms with E-state index >= 15 is 0 Å². The van der Waals surface area contributed by atoms with Gasteiger partial charge < -0.3 is 23.9 Å². The fraction of sp³-hybridized carbons (Fsp3) is 0.423. The molecule has 0 unspecified atom stereocenters. The van der Waals surface area contributed by atoms with Crippen molar-refractivity contribution in [2.24, 2.45) is 11.8 Å². The number of pyridine rings is 1. The zero-order valence-corrected chi connectivity index (χ0v) is 19.3. The Bertz CT molecular complexity index is 1240. The third kappa shape index (κ3) is 2.74. The van der Waals surface area contributed by atoms with Crippen LogP contribution in [-0.4, -0.2) is 31.9 Å². The van der Waals surface area contributed by atoms with E-state index in [2.05, 4.69) is 25.8 Å². The average molecular weight is 436 g/mol. The highest BCUT2D eigenvalue weighted by Gasteiger charge is 2.60. The molecule has 0 amide bonds. The van der Waals surface area contributed by atoms with Crippen molar-refractivity contribution in [1.29, 1.82) is 0 Å². The molecule has 4 atom stereocenters. The van der Waals surface area contributed by atoms with Gasteiger partial charge in [0.05, 0.1) is 32.4 Å². The molecule has 1 saturated carbocycles. The number of ether oxygens (including phenoxy) is 4. The Morgan fingerprint density at radius 1 is 0.969 bits per heavy atom. The van der Waals surface area contributed by atoms with E-state index in [0.29, 0.717) is 28.9 Å². The summed E-state index contributed by atoms with van der Waals surface area (Å²) in [5, 5.41) is 0.942. The summed E-state index contributed by atoms with van der Waals surface area (Å²) in [5.74, 6) is 3.18. The maximum Gasteiger partial charge on any atom is 0.255 e. The molecule has 2 aliphatic rings. The second-order valence-corrected chi connectivity index (χ2v) is 9.34. The fourth-order valence-corrected chi connectivity index (χ4v) is 6.16. The Morgan fingerprint density at radius 2 is 1.62 bits per heavy atom. The normalized spacial score (nSPS) is 25.2. The van der Waals surface area contributed by atoms with Crippen molar-refractivity contribution >= 4 is 10.9 Å². The Kier molecular flexibility index (Phi) is 4.66. The van der Waals surface area contributed by atoms with Crippen LogP contribution >= 0.6 is 0 Å². The number of fused-ring (bicyclic) bond motifs is 5. The molecule has 2 heterocycles. The van der Waals surface area contributed by atoms with Gasteiger partial charge in [-0.15, -0.1) is 0 Å². The summed E-state index contributed by atoms with van der Waals surface area (Å²) >= 11 is 0. The van der Waals surface area contributed by atoms with Crippen molar-refractivity contribution < 1.29 is 18.9 Å². The van der Waals surface area contributed by atoms with Crippen molar-refractivity contribution in [2.75, 3.05) is 21.3 Å². The first-order chi connectivity index (χ1) is 15.3. The molecular formula is C26H29NO5. The van der Waals surface area contributed by atoms with Gasteiger partial charge in [-0.25, -0.2) is 0 Å². The van der Waals surface area contributed by atoms with Gasteiger partial charge in [0.2, 0.25) is 5.75 Å². The van der Waals surface area contributed by atoms with Crippen LogP contribution in [0.2, 0.25) is 0 Å². The topological polar surface area (TPSA) is 69.8 Å². The Labute approximate surface area is 187 Å². The third-order valence-corrected chi connectivity index (χ3v) is 7.39. The minimum absolute atomic E-state index is 0.0277. The molecule has 0 radical (unpaired) electrons. The number of aromatic nitrogens is 1. The van der Waals surface area contributed by atoms with E-state index in [1.54, 1.807) is 21.3 Å². The first-order valence-corrected chi connectivity index (χ1v) is 11.0. The Balaban J connectivity index is 1.72. The highest BCUT2D eigenvalue weighted by atomic mass is 16.5. The first kappa shape index (κ1) is 20.7. The molecule has 0 saturated heterocycles. The van der Waals surface area contributed by atoms with Crippen molar-refractivity contribution in [2.45, 2.75) is 38.2 Å². The van der Waals surface area contributed by atoms with Crippen LogP contribution in [0.4, 0.5) is 0 Å². The summed E-state index contributed by atoms with van der Waals surface area (Å²) < 4.78 is 23.3. The predicted octanol–water partition coefficient (Wildman–Crippen LogP) is 4.86. The molecule has 6 heteroatoms. The molecule has 6 nitrogen and oxygen atoms in total. The number of nitrogens with one attached hydrogen (secondary N) is 1. The Morgan fingerprint density at radius 3 is 2.25 bits per heavy atom. The minimum atomic E-state index is -0.398. The largest absolute Gasteiger partial charge is 0.493 e. The monoisotopic (exact) mass is 435 g/mol. The molecule has 2 aromatic carbocycles. The number of rotatable bonds is 4. The zero-order valence-electron chi connectivity index (χ0n) is 19.3. The minimum Gasteiger partial charge on any atom is -0.493 e. The second-order valence-electron chi connectivity index (χ2n) is 9.34. The van der Waals surface area contributed by atoms with Gasteiger partial charge in [0.25, 0.3) is 5.56 Å². The van der Waals surface area contributed by atoms with Gasteiger partial charge in [-0.2, -0.15) is 0 Å². The van der Waals surface area contributed by atoms with Gasteiger partial charge in [0.1, 0.15) is 11.4 Å². The first-order valence-electron chi connectivity index (χ1n) is 11.0. The lowest BCUT2D eigenvalue weighted by Gasteiger charge is -2.59. The molecule has 1 aliphatic heterocycles. The highest BCUT2D eigenvalue weighted by Crippen LogP contribution is 2.65. The maximum atomic E-state index is 13.3. The van der Waals surface area contributed by atoms with Crippen LogP contribution in [0.15, 0.2) is 41.2 Å². The summed E-state index contributed by atoms with van der Waals surface area (Å²) in [7, 11) is 4.85. The molecule has 5 rings (SSSR count). The fourth-order valence-electron chi connectivity index (χ4n) is 6.16. The summed E-state index contributed by atoms with van der Waals surface area (Å²) in [6.45, 7) is 6.50. The highest BCUT2D eigenvalue weighted by molar-refractivity contribution is 5.87. The number of aromatic amines is 1. The SMILES string of the molecule is COc1cc([C@H]2[C@H](C)[C@@H]3[C@H]2c2c(c4ccccc4[nH]c2=O)OC3(C)C)cc(OC)c1OC. The van der Waals surface area contributed by atoms with E-state index in [9.17, 15) is 4.79 Å². The van der Waals surface area contributed by atoms with E-state index in [4.69, 9.17) is 18.9 Å². The van der Waals surface area contributed by atoms with Crippen molar-refractivity contribution in [3.05, 3.63) is 57.9 Å². The zero-order chi connectivity index (χ0) is 22.8. The van der Waals surface area contributed by atoms with Crippen molar-refractivity contribution in [3.8, 4) is 23.0 Å². The van der Waals surface area contributed by atoms with Crippen LogP contribution in [-0.2, 0) is 0 Å². The quantitative estimate of drug-likeness (QED) is 0.634. The van der Waals surface area contributed by atoms with Gasteiger partial charge >= 0.3 is 0 Å². The van der Waals surface area contributed by atoms with Crippen LogP contribution in [0.1, 0.15) is 43.7 Å². The lowest BCUT2D eigenvalue weighted by Crippen LogP contribution is -2.58. The second kappa shape index (κ2) is 7.19. The number of methoxy groups -OCH3 is 3. The van der Waals surface area contributed by atoms with Crippen LogP contribution in [0.3, 0.4) is 0 Å². The van der Waals surface area contributed by atoms with E-state index in [1.807, 2.05) is 36.4 Å². The smallest absolute Gasteiger partial charge is 0.255 e. The van der Waals surface area contributed by atoms with Crippen LogP contribution < -0.4 is 24.5 Å². The Hall–Kier alpha value is -3.15. The molecule has 1 N–H and O–H groups in total. The molecule has 0 bridgehead atoms. The number of para-hydroxylation sites is 1. The van der Waals surface area contributed by atoms with E-state index < -0.39 is 5.60 Å². The maximum absolute atomic E-state index is 13.3. The van der Waals surface area contributed by atoms with Crippen molar-refractivity contribution in [3.63, 3.8) is 0 Å². The molecule has 0 spiro atoms. The lowest BCUT2D eigenvalue weighted by molar-refractivity contribution is -0.0826. The molecule has 168 valence electrons. The van der Waals surface area contributed by atoms with Crippen LogP contribution in [0.25, 0.3) is 10.9 Å². The third-order valence-electron chi connectivity index (χ3n) is 7.39. The lowest BCUT2D eigenvalue weighted by atomic mass is 9.48. The van der Waals surface area contributed by atoms with E-state index in [-0.39, 0.29) is 23.3 Å².